The number of piperidine rings is 1. The summed E-state index contributed by atoms with van der Waals surface area (Å²) in [6, 6.07) is 1.18. The van der Waals surface area contributed by atoms with Crippen LogP contribution in [0.25, 0.3) is 0 Å². The van der Waals surface area contributed by atoms with E-state index in [4.69, 9.17) is 9.47 Å². The lowest BCUT2D eigenvalue weighted by molar-refractivity contribution is 0.0126. The van der Waals surface area contributed by atoms with Gasteiger partial charge in [-0.2, -0.15) is 0 Å². The molecule has 1 aromatic heterocycles. The number of thiophene rings is 1. The Morgan fingerprint density at radius 2 is 1.88 bits per heavy atom. The van der Waals surface area contributed by atoms with Gasteiger partial charge in [0.1, 0.15) is 17.5 Å². The molecule has 26 heavy (non-hydrogen) atoms. The lowest BCUT2D eigenvalue weighted by Gasteiger charge is -2.33. The molecule has 0 aliphatic carbocycles. The largest absolute Gasteiger partial charge is 0.488 e. The van der Waals surface area contributed by atoms with Crippen molar-refractivity contribution in [3.05, 3.63) is 15.8 Å². The molecule has 1 saturated heterocycles. The van der Waals surface area contributed by atoms with E-state index < -0.39 is 18.0 Å². The SMILES string of the molecule is COC(=O)c1sc(C(F)F)cc1OC1CCN(C(=O)OC(C)(C)C)CC1. The number of likely N-dealkylation sites (tertiary alicyclic amines) is 1. The molecule has 0 spiro atoms. The Labute approximate surface area is 155 Å². The van der Waals surface area contributed by atoms with E-state index in [2.05, 4.69) is 4.74 Å². The summed E-state index contributed by atoms with van der Waals surface area (Å²) in [5.74, 6) is -0.601. The van der Waals surface area contributed by atoms with Crippen LogP contribution < -0.4 is 4.74 Å². The van der Waals surface area contributed by atoms with Crippen molar-refractivity contribution in [1.29, 1.82) is 0 Å². The lowest BCUT2D eigenvalue weighted by atomic mass is 10.1. The number of halogens is 2. The van der Waals surface area contributed by atoms with Crippen LogP contribution in [-0.2, 0) is 9.47 Å². The molecular formula is C17H23F2NO5S. The van der Waals surface area contributed by atoms with Gasteiger partial charge >= 0.3 is 12.1 Å². The minimum Gasteiger partial charge on any atom is -0.488 e. The van der Waals surface area contributed by atoms with Crippen LogP contribution >= 0.6 is 11.3 Å². The van der Waals surface area contributed by atoms with Gasteiger partial charge in [0, 0.05) is 32.0 Å². The van der Waals surface area contributed by atoms with Gasteiger partial charge in [-0.1, -0.05) is 0 Å². The second kappa shape index (κ2) is 8.20. The average molecular weight is 391 g/mol. The van der Waals surface area contributed by atoms with Crippen LogP contribution in [0.2, 0.25) is 0 Å². The number of ether oxygens (including phenoxy) is 3. The quantitative estimate of drug-likeness (QED) is 0.718. The van der Waals surface area contributed by atoms with Crippen LogP contribution in [0.4, 0.5) is 13.6 Å². The molecule has 146 valence electrons. The van der Waals surface area contributed by atoms with Gasteiger partial charge in [-0.25, -0.2) is 18.4 Å². The number of hydrogen-bond acceptors (Lipinski definition) is 6. The van der Waals surface area contributed by atoms with E-state index in [-0.39, 0.29) is 27.7 Å². The molecule has 0 radical (unpaired) electrons. The number of hydrogen-bond donors (Lipinski definition) is 0. The Bertz CT molecular complexity index is 648. The summed E-state index contributed by atoms with van der Waals surface area (Å²) in [4.78, 5) is 25.2. The van der Waals surface area contributed by atoms with Gasteiger partial charge in [-0.05, 0) is 20.8 Å². The molecule has 0 N–H and O–H groups in total. The second-order valence-electron chi connectivity index (χ2n) is 6.92. The van der Waals surface area contributed by atoms with Crippen molar-refractivity contribution >= 4 is 23.4 Å². The summed E-state index contributed by atoms with van der Waals surface area (Å²) >= 11 is 0.667. The van der Waals surface area contributed by atoms with Crippen molar-refractivity contribution in [1.82, 2.24) is 4.90 Å². The number of nitrogens with zero attached hydrogens (tertiary/aromatic N) is 1. The summed E-state index contributed by atoms with van der Waals surface area (Å²) < 4.78 is 41.6. The molecule has 1 aromatic rings. The van der Waals surface area contributed by atoms with E-state index in [0.29, 0.717) is 37.3 Å². The van der Waals surface area contributed by atoms with Gasteiger partial charge < -0.3 is 19.1 Å². The molecule has 0 saturated carbocycles. The summed E-state index contributed by atoms with van der Waals surface area (Å²) in [6.45, 7) is 6.25. The van der Waals surface area contributed by atoms with Gasteiger partial charge in [0.25, 0.3) is 6.43 Å². The topological polar surface area (TPSA) is 65.1 Å². The molecule has 0 unspecified atom stereocenters. The zero-order chi connectivity index (χ0) is 19.5. The lowest BCUT2D eigenvalue weighted by Crippen LogP contribution is -2.44. The fraction of sp³-hybridized carbons (Fsp3) is 0.647. The van der Waals surface area contributed by atoms with Gasteiger partial charge in [0.05, 0.1) is 12.0 Å². The normalized spacial score (nSPS) is 15.9. The molecule has 2 heterocycles. The Hall–Kier alpha value is -1.90. The molecule has 1 aliphatic rings. The number of rotatable bonds is 4. The van der Waals surface area contributed by atoms with E-state index in [9.17, 15) is 18.4 Å². The predicted molar refractivity (Wildman–Crippen MR) is 92.1 cm³/mol. The fourth-order valence-corrected chi connectivity index (χ4v) is 3.35. The molecule has 0 bridgehead atoms. The van der Waals surface area contributed by atoms with Gasteiger partial charge in [-0.3, -0.25) is 0 Å². The highest BCUT2D eigenvalue weighted by atomic mass is 32.1. The van der Waals surface area contributed by atoms with Gasteiger partial charge in [0.2, 0.25) is 0 Å². The van der Waals surface area contributed by atoms with Crippen molar-refractivity contribution < 1.29 is 32.6 Å². The highest BCUT2D eigenvalue weighted by molar-refractivity contribution is 7.14. The number of esters is 1. The van der Waals surface area contributed by atoms with Crippen LogP contribution in [0, 0.1) is 0 Å². The Morgan fingerprint density at radius 1 is 1.27 bits per heavy atom. The van der Waals surface area contributed by atoms with Crippen molar-refractivity contribution in [2.75, 3.05) is 20.2 Å². The Kier molecular flexibility index (Phi) is 6.44. The van der Waals surface area contributed by atoms with Crippen LogP contribution in [0.15, 0.2) is 6.07 Å². The number of methoxy groups -OCH3 is 1. The minimum absolute atomic E-state index is 0.0253. The summed E-state index contributed by atoms with van der Waals surface area (Å²) in [7, 11) is 1.19. The van der Waals surface area contributed by atoms with Crippen LogP contribution in [0.1, 0.15) is 54.6 Å². The van der Waals surface area contributed by atoms with Gasteiger partial charge in [-0.15, -0.1) is 11.3 Å². The van der Waals surface area contributed by atoms with Crippen molar-refractivity contribution in [2.45, 2.75) is 51.7 Å². The molecule has 1 amide bonds. The smallest absolute Gasteiger partial charge is 0.410 e. The minimum atomic E-state index is -2.69. The van der Waals surface area contributed by atoms with Crippen molar-refractivity contribution in [3.63, 3.8) is 0 Å². The highest BCUT2D eigenvalue weighted by Crippen LogP contribution is 2.37. The van der Waals surface area contributed by atoms with Crippen LogP contribution in [-0.4, -0.2) is 48.9 Å². The first kappa shape index (κ1) is 20.4. The number of carbonyl (C=O) groups excluding carboxylic acids is 2. The highest BCUT2D eigenvalue weighted by Gasteiger charge is 2.29. The molecule has 1 fully saturated rings. The molecule has 0 aromatic carbocycles. The van der Waals surface area contributed by atoms with E-state index in [0.717, 1.165) is 0 Å². The fourth-order valence-electron chi connectivity index (χ4n) is 2.48. The number of amides is 1. The first-order valence-electron chi connectivity index (χ1n) is 8.25. The monoisotopic (exact) mass is 391 g/mol. The van der Waals surface area contributed by atoms with E-state index in [1.165, 1.54) is 13.2 Å². The number of carbonyl (C=O) groups is 2. The number of alkyl halides is 2. The zero-order valence-electron chi connectivity index (χ0n) is 15.2. The third-order valence-electron chi connectivity index (χ3n) is 3.69. The third kappa shape index (κ3) is 5.30. The summed E-state index contributed by atoms with van der Waals surface area (Å²) in [5.41, 5.74) is -0.567. The zero-order valence-corrected chi connectivity index (χ0v) is 16.0. The van der Waals surface area contributed by atoms with Crippen LogP contribution in [0.3, 0.4) is 0 Å². The van der Waals surface area contributed by atoms with E-state index in [1.807, 2.05) is 0 Å². The van der Waals surface area contributed by atoms with Crippen molar-refractivity contribution in [2.24, 2.45) is 0 Å². The maximum Gasteiger partial charge on any atom is 0.410 e. The van der Waals surface area contributed by atoms with Crippen LogP contribution in [0.5, 0.6) is 5.75 Å². The first-order valence-corrected chi connectivity index (χ1v) is 9.07. The standard InChI is InChI=1S/C17H23F2NO5S/c1-17(2,3)25-16(22)20-7-5-10(6-8-20)24-11-9-12(14(18)19)26-13(11)15(21)23-4/h9-10,14H,5-8H2,1-4H3. The van der Waals surface area contributed by atoms with Crippen molar-refractivity contribution in [3.8, 4) is 5.75 Å². The van der Waals surface area contributed by atoms with E-state index >= 15 is 0 Å². The molecule has 2 rings (SSSR count). The summed E-state index contributed by atoms with van der Waals surface area (Å²) in [6.07, 6.45) is -2.33. The van der Waals surface area contributed by atoms with Gasteiger partial charge in [0.15, 0.2) is 4.88 Å². The Morgan fingerprint density at radius 3 is 2.38 bits per heavy atom. The van der Waals surface area contributed by atoms with E-state index in [1.54, 1.807) is 25.7 Å². The average Bonchev–Trinajstić information content (AvgIpc) is 2.97. The summed E-state index contributed by atoms with van der Waals surface area (Å²) in [5, 5.41) is 0. The molecular weight excluding hydrogens is 368 g/mol. The third-order valence-corrected chi connectivity index (χ3v) is 4.79. The molecule has 0 atom stereocenters. The molecule has 9 heteroatoms. The maximum absolute atomic E-state index is 12.9. The second-order valence-corrected chi connectivity index (χ2v) is 8.00. The first-order chi connectivity index (χ1) is 12.1. The maximum atomic E-state index is 12.9. The molecule has 1 aliphatic heterocycles. The predicted octanol–water partition coefficient (Wildman–Crippen LogP) is 4.25. The Balaban J connectivity index is 1.99. The molecule has 6 nitrogen and oxygen atoms in total.